The highest BCUT2D eigenvalue weighted by molar-refractivity contribution is 7.89. The van der Waals surface area contributed by atoms with Crippen LogP contribution in [-0.4, -0.2) is 31.5 Å². The molecule has 0 unspecified atom stereocenters. The van der Waals surface area contributed by atoms with E-state index >= 15 is 0 Å². The number of nitrogens with zero attached hydrogens (tertiary/aromatic N) is 1. The van der Waals surface area contributed by atoms with Crippen LogP contribution in [0.25, 0.3) is 0 Å². The molecule has 3 rings (SSSR count). The summed E-state index contributed by atoms with van der Waals surface area (Å²) in [6, 6.07) is 5.72. The fourth-order valence-corrected chi connectivity index (χ4v) is 4.51. The Labute approximate surface area is 128 Å². The molecule has 2 bridgehead atoms. The molecule has 116 valence electrons. The number of hydrogen-bond acceptors (Lipinski definition) is 5. The van der Waals surface area contributed by atoms with Gasteiger partial charge in [0, 0.05) is 24.2 Å². The molecular formula is C12H16ClN3O4S. The van der Waals surface area contributed by atoms with E-state index in [0.717, 1.165) is 19.3 Å². The summed E-state index contributed by atoms with van der Waals surface area (Å²) in [5.74, 6) is 0. The molecule has 2 aliphatic heterocycles. The second-order valence-electron chi connectivity index (χ2n) is 5.24. The van der Waals surface area contributed by atoms with Crippen LogP contribution in [0.1, 0.15) is 19.3 Å². The summed E-state index contributed by atoms with van der Waals surface area (Å²) < 4.78 is 27.3. The van der Waals surface area contributed by atoms with Gasteiger partial charge in [0.15, 0.2) is 4.90 Å². The molecule has 2 N–H and O–H groups in total. The van der Waals surface area contributed by atoms with E-state index in [2.05, 4.69) is 10.0 Å². The number of fused-ring (bicyclic) bond motifs is 2. The molecule has 21 heavy (non-hydrogen) atoms. The lowest BCUT2D eigenvalue weighted by atomic mass is 9.96. The number of para-hydroxylation sites is 1. The maximum Gasteiger partial charge on any atom is 0.289 e. The zero-order valence-corrected chi connectivity index (χ0v) is 12.7. The predicted molar refractivity (Wildman–Crippen MR) is 79.0 cm³/mol. The minimum atomic E-state index is -3.87. The minimum Gasteiger partial charge on any atom is -0.310 e. The second-order valence-corrected chi connectivity index (χ2v) is 6.92. The van der Waals surface area contributed by atoms with Crippen LogP contribution in [0.2, 0.25) is 0 Å². The van der Waals surface area contributed by atoms with E-state index in [0.29, 0.717) is 6.04 Å². The number of rotatable bonds is 4. The molecule has 1 aromatic carbocycles. The van der Waals surface area contributed by atoms with Crippen LogP contribution >= 0.6 is 12.4 Å². The molecule has 2 heterocycles. The molecule has 0 aliphatic carbocycles. The Morgan fingerprint density at radius 3 is 2.57 bits per heavy atom. The Kier molecular flexibility index (Phi) is 4.52. The number of nitro benzene ring substituents is 1. The van der Waals surface area contributed by atoms with Crippen LogP contribution in [-0.2, 0) is 10.0 Å². The number of nitro groups is 1. The normalized spacial score (nSPS) is 27.3. The highest BCUT2D eigenvalue weighted by Crippen LogP contribution is 2.30. The van der Waals surface area contributed by atoms with Crippen LogP contribution < -0.4 is 10.0 Å². The quantitative estimate of drug-likeness (QED) is 0.636. The lowest BCUT2D eigenvalue weighted by Crippen LogP contribution is -2.42. The Morgan fingerprint density at radius 1 is 1.29 bits per heavy atom. The van der Waals surface area contributed by atoms with Gasteiger partial charge in [-0.3, -0.25) is 10.1 Å². The van der Waals surface area contributed by atoms with Crippen LogP contribution in [0.15, 0.2) is 29.2 Å². The van der Waals surface area contributed by atoms with Crippen molar-refractivity contribution in [1.29, 1.82) is 0 Å². The molecule has 3 atom stereocenters. The Bertz CT molecular complexity index is 652. The fraction of sp³-hybridized carbons (Fsp3) is 0.500. The maximum atomic E-state index is 12.3. The van der Waals surface area contributed by atoms with Crippen molar-refractivity contribution in [2.75, 3.05) is 0 Å². The van der Waals surface area contributed by atoms with Gasteiger partial charge < -0.3 is 5.32 Å². The molecular weight excluding hydrogens is 318 g/mol. The number of nitrogens with one attached hydrogen (secondary N) is 2. The second kappa shape index (κ2) is 5.88. The highest BCUT2D eigenvalue weighted by atomic mass is 35.5. The zero-order chi connectivity index (χ0) is 14.3. The summed E-state index contributed by atoms with van der Waals surface area (Å²) in [6.07, 6.45) is 2.74. The van der Waals surface area contributed by atoms with E-state index in [1.807, 2.05) is 0 Å². The van der Waals surface area contributed by atoms with Gasteiger partial charge in [0.1, 0.15) is 0 Å². The lowest BCUT2D eigenvalue weighted by Gasteiger charge is -2.21. The Morgan fingerprint density at radius 2 is 2.00 bits per heavy atom. The number of hydrogen-bond donors (Lipinski definition) is 2. The fourth-order valence-electron chi connectivity index (χ4n) is 3.05. The van der Waals surface area contributed by atoms with Crippen molar-refractivity contribution in [1.82, 2.24) is 10.0 Å². The SMILES string of the molecule is Cl.O=[N+]([O-])c1ccccc1S(=O)(=O)N[C@@H]1C[C@@H]2CC[C@H]1N2. The summed E-state index contributed by atoms with van der Waals surface area (Å²) >= 11 is 0. The third kappa shape index (κ3) is 3.03. The third-order valence-electron chi connectivity index (χ3n) is 3.96. The van der Waals surface area contributed by atoms with Gasteiger partial charge in [0.05, 0.1) is 4.92 Å². The topological polar surface area (TPSA) is 101 Å². The Balaban J connectivity index is 0.00000161. The number of benzene rings is 1. The third-order valence-corrected chi connectivity index (χ3v) is 5.50. The van der Waals surface area contributed by atoms with Crippen LogP contribution in [0, 0.1) is 10.1 Å². The molecule has 1 aromatic rings. The summed E-state index contributed by atoms with van der Waals surface area (Å²) in [5, 5.41) is 14.3. The van der Waals surface area contributed by atoms with Gasteiger partial charge in [-0.05, 0) is 25.3 Å². The lowest BCUT2D eigenvalue weighted by molar-refractivity contribution is -0.387. The van der Waals surface area contributed by atoms with Gasteiger partial charge >= 0.3 is 0 Å². The molecule has 0 spiro atoms. The van der Waals surface area contributed by atoms with E-state index in [9.17, 15) is 18.5 Å². The van der Waals surface area contributed by atoms with Gasteiger partial charge in [-0.2, -0.15) is 0 Å². The summed E-state index contributed by atoms with van der Waals surface area (Å²) in [7, 11) is -3.87. The molecule has 2 fully saturated rings. The van der Waals surface area contributed by atoms with E-state index < -0.39 is 20.6 Å². The molecule has 9 heteroatoms. The van der Waals surface area contributed by atoms with E-state index in [1.54, 1.807) is 0 Å². The van der Waals surface area contributed by atoms with Crippen LogP contribution in [0.3, 0.4) is 0 Å². The van der Waals surface area contributed by atoms with Gasteiger partial charge in [0.25, 0.3) is 5.69 Å². The van der Waals surface area contributed by atoms with E-state index in [-0.39, 0.29) is 29.4 Å². The van der Waals surface area contributed by atoms with Crippen molar-refractivity contribution < 1.29 is 13.3 Å². The first-order valence-electron chi connectivity index (χ1n) is 6.49. The zero-order valence-electron chi connectivity index (χ0n) is 11.1. The predicted octanol–water partition coefficient (Wildman–Crippen LogP) is 1.19. The van der Waals surface area contributed by atoms with Crippen LogP contribution in [0.5, 0.6) is 0 Å². The molecule has 7 nitrogen and oxygen atoms in total. The molecule has 0 radical (unpaired) electrons. The average Bonchev–Trinajstić information content (AvgIpc) is 3.00. The number of sulfonamides is 1. The first kappa shape index (κ1) is 16.2. The molecule has 0 amide bonds. The van der Waals surface area contributed by atoms with Crippen molar-refractivity contribution in [2.24, 2.45) is 0 Å². The first-order valence-corrected chi connectivity index (χ1v) is 7.97. The molecule has 0 aromatic heterocycles. The largest absolute Gasteiger partial charge is 0.310 e. The van der Waals surface area contributed by atoms with Gasteiger partial charge in [-0.15, -0.1) is 12.4 Å². The van der Waals surface area contributed by atoms with Gasteiger partial charge in [0.2, 0.25) is 10.0 Å². The van der Waals surface area contributed by atoms with Crippen LogP contribution in [0.4, 0.5) is 5.69 Å². The Hall–Kier alpha value is -1.22. The van der Waals surface area contributed by atoms with E-state index in [1.165, 1.54) is 24.3 Å². The summed E-state index contributed by atoms with van der Waals surface area (Å²) in [4.78, 5) is 9.99. The highest BCUT2D eigenvalue weighted by Gasteiger charge is 2.41. The van der Waals surface area contributed by atoms with Crippen molar-refractivity contribution >= 4 is 28.1 Å². The summed E-state index contributed by atoms with van der Waals surface area (Å²) in [6.45, 7) is 0. The summed E-state index contributed by atoms with van der Waals surface area (Å²) in [5.41, 5.74) is -0.392. The smallest absolute Gasteiger partial charge is 0.289 e. The van der Waals surface area contributed by atoms with Crippen molar-refractivity contribution in [3.63, 3.8) is 0 Å². The minimum absolute atomic E-state index is 0. The van der Waals surface area contributed by atoms with E-state index in [4.69, 9.17) is 0 Å². The molecule has 2 aliphatic rings. The van der Waals surface area contributed by atoms with Crippen molar-refractivity contribution in [3.05, 3.63) is 34.4 Å². The standard InChI is InChI=1S/C12H15N3O4S.ClH/c16-15(17)11-3-1-2-4-12(11)20(18,19)14-10-7-8-5-6-9(10)13-8;/h1-4,8-10,13-14H,5-7H2;1H/t8-,9+,10+;/m0./s1. The molecule has 2 saturated heterocycles. The molecule has 0 saturated carbocycles. The maximum absolute atomic E-state index is 12.3. The number of halogens is 1. The monoisotopic (exact) mass is 333 g/mol. The first-order chi connectivity index (χ1) is 9.47. The van der Waals surface area contributed by atoms with Gasteiger partial charge in [-0.25, -0.2) is 13.1 Å². The van der Waals surface area contributed by atoms with Crippen molar-refractivity contribution in [2.45, 2.75) is 42.3 Å². The van der Waals surface area contributed by atoms with Gasteiger partial charge in [-0.1, -0.05) is 12.1 Å². The van der Waals surface area contributed by atoms with Crippen molar-refractivity contribution in [3.8, 4) is 0 Å². The average molecular weight is 334 g/mol.